The second kappa shape index (κ2) is 4.48. The van der Waals surface area contributed by atoms with Crippen molar-refractivity contribution in [1.82, 2.24) is 5.32 Å². The number of carbonyl (C=O) groups is 2. The Morgan fingerprint density at radius 3 is 2.06 bits per heavy atom. The first-order valence-electron chi connectivity index (χ1n) is 4.81. The molecule has 0 aliphatic rings. The van der Waals surface area contributed by atoms with E-state index in [2.05, 4.69) is 5.32 Å². The lowest BCUT2D eigenvalue weighted by Crippen LogP contribution is -2.53. The van der Waals surface area contributed by atoms with Crippen LogP contribution in [0.4, 0.5) is 8.78 Å². The van der Waals surface area contributed by atoms with Crippen LogP contribution in [0.25, 0.3) is 0 Å². The lowest BCUT2D eigenvalue weighted by molar-refractivity contribution is -0.122. The zero-order valence-corrected chi connectivity index (χ0v) is 9.38. The number of rotatable bonds is 3. The lowest BCUT2D eigenvalue weighted by Gasteiger charge is -2.22. The van der Waals surface area contributed by atoms with Gasteiger partial charge < -0.3 is 11.1 Å². The zero-order chi connectivity index (χ0) is 13.2. The van der Waals surface area contributed by atoms with Crippen molar-refractivity contribution < 1.29 is 18.4 Å². The van der Waals surface area contributed by atoms with Gasteiger partial charge in [0.2, 0.25) is 5.91 Å². The van der Waals surface area contributed by atoms with E-state index < -0.39 is 29.0 Å². The summed E-state index contributed by atoms with van der Waals surface area (Å²) < 4.78 is 25.7. The molecule has 17 heavy (non-hydrogen) atoms. The first-order chi connectivity index (χ1) is 7.72. The largest absolute Gasteiger partial charge is 0.368 e. The topological polar surface area (TPSA) is 72.2 Å². The number of primary amides is 1. The molecule has 1 aromatic rings. The van der Waals surface area contributed by atoms with Crippen LogP contribution in [-0.4, -0.2) is 17.4 Å². The van der Waals surface area contributed by atoms with E-state index in [1.54, 1.807) is 0 Å². The van der Waals surface area contributed by atoms with Gasteiger partial charge in [0.25, 0.3) is 5.91 Å². The molecule has 0 aromatic heterocycles. The summed E-state index contributed by atoms with van der Waals surface area (Å²) in [6.45, 7) is 2.78. The fourth-order valence-corrected chi connectivity index (χ4v) is 1.10. The van der Waals surface area contributed by atoms with E-state index in [-0.39, 0.29) is 5.56 Å². The molecule has 4 nitrogen and oxygen atoms in total. The molecule has 0 radical (unpaired) electrons. The van der Waals surface area contributed by atoms with Crippen molar-refractivity contribution in [2.24, 2.45) is 5.73 Å². The Bertz CT molecular complexity index is 452. The number of amides is 2. The normalized spacial score (nSPS) is 11.1. The molecule has 6 heteroatoms. The van der Waals surface area contributed by atoms with Crippen LogP contribution in [0.3, 0.4) is 0 Å². The van der Waals surface area contributed by atoms with Crippen molar-refractivity contribution in [2.45, 2.75) is 19.4 Å². The highest BCUT2D eigenvalue weighted by Crippen LogP contribution is 2.10. The van der Waals surface area contributed by atoms with Gasteiger partial charge in [0.15, 0.2) is 0 Å². The van der Waals surface area contributed by atoms with Gasteiger partial charge >= 0.3 is 0 Å². The maximum atomic E-state index is 12.9. The minimum Gasteiger partial charge on any atom is -0.368 e. The molecular weight excluding hydrogens is 230 g/mol. The Morgan fingerprint density at radius 1 is 1.18 bits per heavy atom. The van der Waals surface area contributed by atoms with Gasteiger partial charge in [0.1, 0.15) is 17.2 Å². The zero-order valence-electron chi connectivity index (χ0n) is 9.38. The minimum absolute atomic E-state index is 0.211. The number of nitrogens with one attached hydrogen (secondary N) is 1. The van der Waals surface area contributed by atoms with Gasteiger partial charge in [-0.25, -0.2) is 8.78 Å². The molecular formula is C11H12F2N2O2. The van der Waals surface area contributed by atoms with E-state index in [0.717, 1.165) is 12.1 Å². The van der Waals surface area contributed by atoms with Gasteiger partial charge in [0.05, 0.1) is 0 Å². The quantitative estimate of drug-likeness (QED) is 0.828. The van der Waals surface area contributed by atoms with Crippen LogP contribution < -0.4 is 11.1 Å². The lowest BCUT2D eigenvalue weighted by atomic mass is 10.0. The highest BCUT2D eigenvalue weighted by Gasteiger charge is 2.27. The van der Waals surface area contributed by atoms with Crippen LogP contribution in [0.2, 0.25) is 0 Å². The molecule has 0 aliphatic carbocycles. The Balaban J connectivity index is 2.94. The van der Waals surface area contributed by atoms with Crippen LogP contribution in [-0.2, 0) is 4.79 Å². The van der Waals surface area contributed by atoms with E-state index >= 15 is 0 Å². The van der Waals surface area contributed by atoms with Crippen LogP contribution in [0.1, 0.15) is 24.2 Å². The molecule has 0 fully saturated rings. The van der Waals surface area contributed by atoms with Gasteiger partial charge in [-0.2, -0.15) is 0 Å². The SMILES string of the molecule is CC(C)(NC(=O)c1cc(F)cc(F)c1)C(N)=O. The van der Waals surface area contributed by atoms with Gasteiger partial charge in [-0.05, 0) is 26.0 Å². The molecule has 92 valence electrons. The fraction of sp³-hybridized carbons (Fsp3) is 0.273. The van der Waals surface area contributed by atoms with Gasteiger partial charge in [-0.1, -0.05) is 0 Å². The highest BCUT2D eigenvalue weighted by molar-refractivity contribution is 5.98. The molecule has 3 N–H and O–H groups in total. The number of hydrogen-bond acceptors (Lipinski definition) is 2. The Labute approximate surface area is 96.8 Å². The van der Waals surface area contributed by atoms with Crippen LogP contribution in [0, 0.1) is 11.6 Å². The van der Waals surface area contributed by atoms with Gasteiger partial charge in [-0.3, -0.25) is 9.59 Å². The predicted octanol–water partition coefficient (Wildman–Crippen LogP) is 0.958. The third kappa shape index (κ3) is 3.24. The van der Waals surface area contributed by atoms with Crippen LogP contribution in [0.15, 0.2) is 18.2 Å². The van der Waals surface area contributed by atoms with E-state index in [4.69, 9.17) is 5.73 Å². The number of benzene rings is 1. The Morgan fingerprint density at radius 2 is 1.65 bits per heavy atom. The maximum Gasteiger partial charge on any atom is 0.252 e. The smallest absolute Gasteiger partial charge is 0.252 e. The monoisotopic (exact) mass is 242 g/mol. The molecule has 1 aromatic carbocycles. The summed E-state index contributed by atoms with van der Waals surface area (Å²) in [5.74, 6) is -3.26. The van der Waals surface area contributed by atoms with Crippen molar-refractivity contribution in [3.8, 4) is 0 Å². The molecule has 0 aliphatic heterocycles. The summed E-state index contributed by atoms with van der Waals surface area (Å²) in [5, 5.41) is 2.28. The summed E-state index contributed by atoms with van der Waals surface area (Å²) in [5.41, 5.74) is 3.55. The third-order valence-corrected chi connectivity index (χ3v) is 2.17. The van der Waals surface area contributed by atoms with E-state index in [0.29, 0.717) is 6.07 Å². The van der Waals surface area contributed by atoms with Crippen molar-refractivity contribution in [3.05, 3.63) is 35.4 Å². The van der Waals surface area contributed by atoms with E-state index in [1.165, 1.54) is 13.8 Å². The molecule has 0 heterocycles. The average molecular weight is 242 g/mol. The molecule has 0 atom stereocenters. The number of halogens is 2. The van der Waals surface area contributed by atoms with Crippen molar-refractivity contribution in [3.63, 3.8) is 0 Å². The van der Waals surface area contributed by atoms with Crippen molar-refractivity contribution >= 4 is 11.8 Å². The summed E-state index contributed by atoms with van der Waals surface area (Å²) in [6, 6.07) is 2.39. The summed E-state index contributed by atoms with van der Waals surface area (Å²) in [6.07, 6.45) is 0. The van der Waals surface area contributed by atoms with Crippen molar-refractivity contribution in [2.75, 3.05) is 0 Å². The third-order valence-electron chi connectivity index (χ3n) is 2.17. The van der Waals surface area contributed by atoms with Crippen molar-refractivity contribution in [1.29, 1.82) is 0 Å². The summed E-state index contributed by atoms with van der Waals surface area (Å²) in [4.78, 5) is 22.6. The molecule has 1 rings (SSSR count). The fourth-order valence-electron chi connectivity index (χ4n) is 1.10. The average Bonchev–Trinajstić information content (AvgIpc) is 2.15. The minimum atomic E-state index is -1.29. The second-order valence-corrected chi connectivity index (χ2v) is 4.10. The second-order valence-electron chi connectivity index (χ2n) is 4.10. The molecule has 0 bridgehead atoms. The van der Waals surface area contributed by atoms with E-state index in [1.807, 2.05) is 0 Å². The first kappa shape index (κ1) is 13.1. The molecule has 2 amide bonds. The number of carbonyl (C=O) groups excluding carboxylic acids is 2. The summed E-state index contributed by atoms with van der Waals surface area (Å²) in [7, 11) is 0. The first-order valence-corrected chi connectivity index (χ1v) is 4.81. The van der Waals surface area contributed by atoms with Crippen LogP contribution >= 0.6 is 0 Å². The maximum absolute atomic E-state index is 12.9. The number of hydrogen-bond donors (Lipinski definition) is 2. The molecule has 0 saturated carbocycles. The Kier molecular flexibility index (Phi) is 3.45. The Hall–Kier alpha value is -1.98. The molecule has 0 spiro atoms. The number of nitrogens with two attached hydrogens (primary N) is 1. The van der Waals surface area contributed by atoms with Crippen LogP contribution in [0.5, 0.6) is 0 Å². The van der Waals surface area contributed by atoms with Gasteiger partial charge in [0, 0.05) is 11.6 Å². The standard InChI is InChI=1S/C11H12F2N2O2/c1-11(2,10(14)17)15-9(16)6-3-7(12)5-8(13)4-6/h3-5H,1-2H3,(H2,14,17)(H,15,16). The van der Waals surface area contributed by atoms with E-state index in [9.17, 15) is 18.4 Å². The predicted molar refractivity (Wildman–Crippen MR) is 57.1 cm³/mol. The molecule has 0 unspecified atom stereocenters. The van der Waals surface area contributed by atoms with Gasteiger partial charge in [-0.15, -0.1) is 0 Å². The highest BCUT2D eigenvalue weighted by atomic mass is 19.1. The molecule has 0 saturated heterocycles. The summed E-state index contributed by atoms with van der Waals surface area (Å²) >= 11 is 0.